The smallest absolute Gasteiger partial charge is 0.193 e. The van der Waals surface area contributed by atoms with E-state index >= 15 is 0 Å². The lowest BCUT2D eigenvalue weighted by molar-refractivity contribution is -0.103. The Hall–Kier alpha value is -2.02. The number of nitrogens with two attached hydrogens (primary N) is 1. The summed E-state index contributed by atoms with van der Waals surface area (Å²) >= 11 is 0. The maximum atomic E-state index is 9.95. The van der Waals surface area contributed by atoms with E-state index in [9.17, 15) is 4.79 Å². The lowest BCUT2D eigenvalue weighted by atomic mass is 10.2. The zero-order valence-corrected chi connectivity index (χ0v) is 7.07. The molecule has 1 aromatic heterocycles. The van der Waals surface area contributed by atoms with Gasteiger partial charge in [0.05, 0.1) is 7.11 Å². The fourth-order valence-corrected chi connectivity index (χ4v) is 0.800. The molecule has 4 heteroatoms. The quantitative estimate of drug-likeness (QED) is 0.491. The van der Waals surface area contributed by atoms with E-state index in [0.717, 1.165) is 0 Å². The molecule has 0 saturated heterocycles. The summed E-state index contributed by atoms with van der Waals surface area (Å²) in [6, 6.07) is 1.62. The van der Waals surface area contributed by atoms with Crippen molar-refractivity contribution in [2.75, 3.05) is 12.8 Å². The molecule has 13 heavy (non-hydrogen) atoms. The molecule has 0 radical (unpaired) electrons. The Balaban J connectivity index is 3.06. The van der Waals surface area contributed by atoms with E-state index in [2.05, 4.69) is 16.8 Å². The fourth-order valence-electron chi connectivity index (χ4n) is 0.800. The predicted octanol–water partition coefficient (Wildman–Crippen LogP) is 0.223. The molecular weight excluding hydrogens is 168 g/mol. The van der Waals surface area contributed by atoms with E-state index in [0.29, 0.717) is 23.4 Å². The molecule has 0 spiro atoms. The second-order valence-corrected chi connectivity index (χ2v) is 2.20. The van der Waals surface area contributed by atoms with Gasteiger partial charge in [0.25, 0.3) is 0 Å². The number of hydrogen-bond donors (Lipinski definition) is 1. The molecule has 0 aliphatic carbocycles. The van der Waals surface area contributed by atoms with Crippen LogP contribution in [0.3, 0.4) is 0 Å². The second-order valence-electron chi connectivity index (χ2n) is 2.20. The van der Waals surface area contributed by atoms with Crippen LogP contribution in [-0.2, 0) is 4.79 Å². The van der Waals surface area contributed by atoms with Gasteiger partial charge in [0, 0.05) is 17.8 Å². The van der Waals surface area contributed by atoms with Gasteiger partial charge >= 0.3 is 0 Å². The molecule has 66 valence electrons. The summed E-state index contributed by atoms with van der Waals surface area (Å²) in [4.78, 5) is 13.8. The van der Waals surface area contributed by atoms with Crippen molar-refractivity contribution in [3.8, 4) is 17.6 Å². The zero-order chi connectivity index (χ0) is 9.68. The highest BCUT2D eigenvalue weighted by Gasteiger charge is 1.99. The number of nitrogen functional groups attached to an aromatic ring is 1. The maximum absolute atomic E-state index is 9.95. The Morgan fingerprint density at radius 3 is 3.08 bits per heavy atom. The first-order chi connectivity index (χ1) is 6.27. The third kappa shape index (κ3) is 2.20. The molecule has 0 unspecified atom stereocenters. The average molecular weight is 176 g/mol. The molecule has 1 rings (SSSR count). The summed E-state index contributed by atoms with van der Waals surface area (Å²) in [5.74, 6) is 5.61. The number of pyridine rings is 1. The van der Waals surface area contributed by atoms with Gasteiger partial charge in [-0.1, -0.05) is 5.92 Å². The molecule has 0 bridgehead atoms. The van der Waals surface area contributed by atoms with E-state index in [1.165, 1.54) is 13.3 Å². The van der Waals surface area contributed by atoms with Crippen LogP contribution < -0.4 is 10.5 Å². The van der Waals surface area contributed by atoms with E-state index in [1.807, 2.05) is 0 Å². The van der Waals surface area contributed by atoms with Crippen LogP contribution in [0.5, 0.6) is 5.75 Å². The normalized spacial score (nSPS) is 8.38. The largest absolute Gasteiger partial charge is 0.493 e. The SMILES string of the molecule is COc1cc(C#CC=O)cnc1N. The van der Waals surface area contributed by atoms with Gasteiger partial charge in [-0.25, -0.2) is 4.98 Å². The maximum Gasteiger partial charge on any atom is 0.193 e. The minimum absolute atomic E-state index is 0.305. The van der Waals surface area contributed by atoms with Gasteiger partial charge in [0.15, 0.2) is 17.9 Å². The van der Waals surface area contributed by atoms with Crippen LogP contribution in [0.15, 0.2) is 12.3 Å². The van der Waals surface area contributed by atoms with Crippen LogP contribution in [0.4, 0.5) is 5.82 Å². The van der Waals surface area contributed by atoms with Gasteiger partial charge < -0.3 is 10.5 Å². The van der Waals surface area contributed by atoms with Crippen molar-refractivity contribution in [3.05, 3.63) is 17.8 Å². The van der Waals surface area contributed by atoms with Crippen molar-refractivity contribution in [2.24, 2.45) is 0 Å². The van der Waals surface area contributed by atoms with Crippen LogP contribution in [-0.4, -0.2) is 18.4 Å². The molecule has 1 aromatic rings. The van der Waals surface area contributed by atoms with Crippen molar-refractivity contribution in [2.45, 2.75) is 0 Å². The molecule has 0 fully saturated rings. The number of carbonyl (C=O) groups is 1. The first kappa shape index (κ1) is 9.07. The first-order valence-electron chi connectivity index (χ1n) is 3.52. The average Bonchev–Trinajstić information content (AvgIpc) is 2.16. The highest BCUT2D eigenvalue weighted by atomic mass is 16.5. The van der Waals surface area contributed by atoms with Crippen LogP contribution in [0, 0.1) is 11.8 Å². The third-order valence-corrected chi connectivity index (χ3v) is 1.38. The first-order valence-corrected chi connectivity index (χ1v) is 3.52. The molecule has 0 aliphatic rings. The van der Waals surface area contributed by atoms with Crippen LogP contribution in [0.1, 0.15) is 5.56 Å². The zero-order valence-electron chi connectivity index (χ0n) is 7.07. The molecule has 1 heterocycles. The summed E-state index contributed by atoms with van der Waals surface area (Å²) in [6.45, 7) is 0. The second kappa shape index (κ2) is 4.12. The van der Waals surface area contributed by atoms with Gasteiger partial charge in [0.1, 0.15) is 0 Å². The van der Waals surface area contributed by atoms with Crippen molar-refractivity contribution >= 4 is 12.1 Å². The van der Waals surface area contributed by atoms with Crippen molar-refractivity contribution in [1.82, 2.24) is 4.98 Å². The number of aldehydes is 1. The number of carbonyl (C=O) groups excluding carboxylic acids is 1. The van der Waals surface area contributed by atoms with Crippen LogP contribution >= 0.6 is 0 Å². The molecule has 0 aliphatic heterocycles. The highest BCUT2D eigenvalue weighted by molar-refractivity contribution is 5.74. The Kier molecular flexibility index (Phi) is 2.87. The summed E-state index contributed by atoms with van der Waals surface area (Å²) < 4.78 is 4.92. The minimum Gasteiger partial charge on any atom is -0.493 e. The monoisotopic (exact) mass is 176 g/mol. The van der Waals surface area contributed by atoms with Crippen LogP contribution in [0.25, 0.3) is 0 Å². The topological polar surface area (TPSA) is 65.2 Å². The number of rotatable bonds is 1. The molecule has 0 aromatic carbocycles. The van der Waals surface area contributed by atoms with E-state index in [4.69, 9.17) is 10.5 Å². The number of nitrogens with zero attached hydrogens (tertiary/aromatic N) is 1. The summed E-state index contributed by atoms with van der Waals surface area (Å²) in [7, 11) is 1.49. The van der Waals surface area contributed by atoms with Crippen molar-refractivity contribution in [1.29, 1.82) is 0 Å². The molecule has 0 saturated carbocycles. The molecule has 0 amide bonds. The van der Waals surface area contributed by atoms with Crippen molar-refractivity contribution in [3.63, 3.8) is 0 Å². The summed E-state index contributed by atoms with van der Waals surface area (Å²) in [5.41, 5.74) is 6.07. The fraction of sp³-hybridized carbons (Fsp3) is 0.111. The van der Waals surface area contributed by atoms with E-state index in [-0.39, 0.29) is 0 Å². The Morgan fingerprint density at radius 2 is 2.46 bits per heavy atom. The summed E-state index contributed by atoms with van der Waals surface area (Å²) in [5, 5.41) is 0. The minimum atomic E-state index is 0.305. The van der Waals surface area contributed by atoms with Gasteiger partial charge in [-0.05, 0) is 5.92 Å². The number of aromatic nitrogens is 1. The Bertz CT molecular complexity index is 377. The highest BCUT2D eigenvalue weighted by Crippen LogP contribution is 2.18. The van der Waals surface area contributed by atoms with Crippen molar-refractivity contribution < 1.29 is 9.53 Å². The number of hydrogen-bond acceptors (Lipinski definition) is 4. The van der Waals surface area contributed by atoms with Gasteiger partial charge in [-0.2, -0.15) is 0 Å². The Labute approximate surface area is 75.7 Å². The predicted molar refractivity (Wildman–Crippen MR) is 48.1 cm³/mol. The molecular formula is C9H8N2O2. The van der Waals surface area contributed by atoms with Crippen LogP contribution in [0.2, 0.25) is 0 Å². The number of anilines is 1. The summed E-state index contributed by atoms with van der Waals surface area (Å²) in [6.07, 6.45) is 2.00. The molecule has 2 N–H and O–H groups in total. The molecule has 0 atom stereocenters. The number of methoxy groups -OCH3 is 1. The molecule has 4 nitrogen and oxygen atoms in total. The van der Waals surface area contributed by atoms with E-state index < -0.39 is 0 Å². The van der Waals surface area contributed by atoms with E-state index in [1.54, 1.807) is 6.07 Å². The van der Waals surface area contributed by atoms with Gasteiger partial charge in [-0.15, -0.1) is 0 Å². The Morgan fingerprint density at radius 1 is 1.69 bits per heavy atom. The lowest BCUT2D eigenvalue weighted by Crippen LogP contribution is -1.95. The van der Waals surface area contributed by atoms with Gasteiger partial charge in [0.2, 0.25) is 0 Å². The lowest BCUT2D eigenvalue weighted by Gasteiger charge is -2.02. The third-order valence-electron chi connectivity index (χ3n) is 1.38. The number of ether oxygens (including phenoxy) is 1. The van der Waals surface area contributed by atoms with Gasteiger partial charge in [-0.3, -0.25) is 4.79 Å². The standard InChI is InChI=1S/C9H8N2O2/c1-13-8-5-7(3-2-4-12)6-11-9(8)10/h4-6H,1H3,(H2,10,11).